The second kappa shape index (κ2) is 8.88. The summed E-state index contributed by atoms with van der Waals surface area (Å²) >= 11 is 7.37. The summed E-state index contributed by atoms with van der Waals surface area (Å²) in [6.45, 7) is 0.136. The standard InChI is InChI=1S/C23H18ClN5O4S/c1-33-21(32)16-4-2-3-5-17(16)28-11-14(10-19(28)30)20(31)25-22-26-23-29(27-22)18(12-34-23)13-6-8-15(24)9-7-13/h2-9,12,14H,10-11H2,1H3,(H,25,27,31). The fourth-order valence-corrected chi connectivity index (χ4v) is 4.83. The number of anilines is 2. The molecule has 3 heterocycles. The number of amides is 2. The molecule has 0 saturated carbocycles. The first-order valence-electron chi connectivity index (χ1n) is 10.3. The molecule has 5 rings (SSSR count). The normalized spacial score (nSPS) is 15.6. The molecule has 0 spiro atoms. The van der Waals surface area contributed by atoms with Crippen molar-refractivity contribution in [2.24, 2.45) is 5.92 Å². The maximum absolute atomic E-state index is 12.9. The number of hydrogen-bond acceptors (Lipinski definition) is 7. The van der Waals surface area contributed by atoms with E-state index in [1.165, 1.54) is 23.3 Å². The van der Waals surface area contributed by atoms with Crippen molar-refractivity contribution < 1.29 is 19.1 Å². The van der Waals surface area contributed by atoms with Crippen LogP contribution >= 0.6 is 22.9 Å². The highest BCUT2D eigenvalue weighted by Crippen LogP contribution is 2.30. The lowest BCUT2D eigenvalue weighted by Gasteiger charge is -2.19. The van der Waals surface area contributed by atoms with E-state index in [-0.39, 0.29) is 36.3 Å². The summed E-state index contributed by atoms with van der Waals surface area (Å²) < 4.78 is 6.47. The van der Waals surface area contributed by atoms with Gasteiger partial charge in [0, 0.05) is 28.9 Å². The van der Waals surface area contributed by atoms with Crippen LogP contribution in [0, 0.1) is 5.92 Å². The van der Waals surface area contributed by atoms with E-state index in [4.69, 9.17) is 16.3 Å². The zero-order valence-electron chi connectivity index (χ0n) is 17.9. The number of methoxy groups -OCH3 is 1. The molecule has 4 aromatic rings. The van der Waals surface area contributed by atoms with Gasteiger partial charge in [-0.2, -0.15) is 4.98 Å². The number of rotatable bonds is 5. The van der Waals surface area contributed by atoms with Crippen LogP contribution in [0.25, 0.3) is 16.2 Å². The molecular formula is C23H18ClN5O4S. The highest BCUT2D eigenvalue weighted by molar-refractivity contribution is 7.15. The van der Waals surface area contributed by atoms with Gasteiger partial charge in [0.25, 0.3) is 0 Å². The van der Waals surface area contributed by atoms with E-state index in [0.29, 0.717) is 15.7 Å². The number of para-hydroxylation sites is 1. The first-order valence-corrected chi connectivity index (χ1v) is 11.6. The van der Waals surface area contributed by atoms with Crippen molar-refractivity contribution in [3.05, 3.63) is 64.5 Å². The lowest BCUT2D eigenvalue weighted by atomic mass is 10.1. The van der Waals surface area contributed by atoms with Crippen molar-refractivity contribution in [1.82, 2.24) is 14.6 Å². The van der Waals surface area contributed by atoms with Crippen molar-refractivity contribution >= 4 is 57.3 Å². The maximum Gasteiger partial charge on any atom is 0.339 e. The predicted octanol–water partition coefficient (Wildman–Crippen LogP) is 3.89. The van der Waals surface area contributed by atoms with Gasteiger partial charge in [-0.3, -0.25) is 14.9 Å². The average Bonchev–Trinajstić information content (AvgIpc) is 3.53. The number of thiazole rings is 1. The largest absolute Gasteiger partial charge is 0.465 e. The van der Waals surface area contributed by atoms with Crippen molar-refractivity contribution in [3.63, 3.8) is 0 Å². The maximum atomic E-state index is 12.9. The second-order valence-electron chi connectivity index (χ2n) is 7.66. The smallest absolute Gasteiger partial charge is 0.339 e. The highest BCUT2D eigenvalue weighted by atomic mass is 35.5. The quantitative estimate of drug-likeness (QED) is 0.421. The van der Waals surface area contributed by atoms with Crippen LogP contribution in [-0.2, 0) is 14.3 Å². The van der Waals surface area contributed by atoms with E-state index in [1.807, 2.05) is 17.5 Å². The van der Waals surface area contributed by atoms with E-state index in [1.54, 1.807) is 40.9 Å². The molecule has 1 aliphatic rings. The lowest BCUT2D eigenvalue weighted by Crippen LogP contribution is -2.29. The van der Waals surface area contributed by atoms with Crippen LogP contribution in [0.3, 0.4) is 0 Å². The number of esters is 1. The zero-order valence-corrected chi connectivity index (χ0v) is 19.5. The van der Waals surface area contributed by atoms with Crippen LogP contribution in [0.4, 0.5) is 11.6 Å². The molecule has 2 amide bonds. The van der Waals surface area contributed by atoms with Crippen molar-refractivity contribution in [3.8, 4) is 11.3 Å². The highest BCUT2D eigenvalue weighted by Gasteiger charge is 2.37. The number of aromatic nitrogens is 3. The van der Waals surface area contributed by atoms with Gasteiger partial charge in [0.1, 0.15) is 0 Å². The second-order valence-corrected chi connectivity index (χ2v) is 8.93. The van der Waals surface area contributed by atoms with Crippen LogP contribution in [-0.4, -0.2) is 46.0 Å². The number of carbonyl (C=O) groups excluding carboxylic acids is 3. The molecule has 9 nitrogen and oxygen atoms in total. The Kier molecular flexibility index (Phi) is 5.76. The first-order chi connectivity index (χ1) is 16.4. The van der Waals surface area contributed by atoms with Gasteiger partial charge in [-0.1, -0.05) is 35.9 Å². The predicted molar refractivity (Wildman–Crippen MR) is 128 cm³/mol. The summed E-state index contributed by atoms with van der Waals surface area (Å²) in [5, 5.41) is 9.70. The Hall–Kier alpha value is -3.76. The molecule has 2 aromatic carbocycles. The minimum atomic E-state index is -0.615. The molecule has 1 atom stereocenters. The summed E-state index contributed by atoms with van der Waals surface area (Å²) in [5.74, 6) is -1.61. The Morgan fingerprint density at radius 1 is 1.18 bits per heavy atom. The lowest BCUT2D eigenvalue weighted by molar-refractivity contribution is -0.122. The van der Waals surface area contributed by atoms with Gasteiger partial charge < -0.3 is 9.64 Å². The van der Waals surface area contributed by atoms with Gasteiger partial charge in [0.15, 0.2) is 0 Å². The Balaban J connectivity index is 1.33. The molecule has 11 heteroatoms. The van der Waals surface area contributed by atoms with Gasteiger partial charge >= 0.3 is 5.97 Å². The van der Waals surface area contributed by atoms with Gasteiger partial charge in [0.2, 0.25) is 22.7 Å². The summed E-state index contributed by atoms with van der Waals surface area (Å²) in [4.78, 5) is 44.1. The summed E-state index contributed by atoms with van der Waals surface area (Å²) in [6.07, 6.45) is 0.0135. The molecule has 172 valence electrons. The van der Waals surface area contributed by atoms with Crippen LogP contribution in [0.5, 0.6) is 0 Å². The van der Waals surface area contributed by atoms with E-state index < -0.39 is 11.9 Å². The van der Waals surface area contributed by atoms with E-state index in [2.05, 4.69) is 15.4 Å². The van der Waals surface area contributed by atoms with Crippen LogP contribution in [0.1, 0.15) is 16.8 Å². The number of nitrogens with zero attached hydrogens (tertiary/aromatic N) is 4. The van der Waals surface area contributed by atoms with E-state index in [9.17, 15) is 14.4 Å². The molecule has 0 bridgehead atoms. The third-order valence-electron chi connectivity index (χ3n) is 5.55. The number of fused-ring (bicyclic) bond motifs is 1. The van der Waals surface area contributed by atoms with E-state index in [0.717, 1.165) is 11.3 Å². The topological polar surface area (TPSA) is 106 Å². The van der Waals surface area contributed by atoms with Crippen molar-refractivity contribution in [2.45, 2.75) is 6.42 Å². The van der Waals surface area contributed by atoms with Gasteiger partial charge in [-0.15, -0.1) is 16.4 Å². The fraction of sp³-hybridized carbons (Fsp3) is 0.174. The average molecular weight is 496 g/mol. The Bertz CT molecular complexity index is 1410. The molecule has 1 aliphatic heterocycles. The summed E-state index contributed by atoms with van der Waals surface area (Å²) in [7, 11) is 1.28. The number of hydrogen-bond donors (Lipinski definition) is 1. The molecular weight excluding hydrogens is 478 g/mol. The minimum Gasteiger partial charge on any atom is -0.465 e. The Morgan fingerprint density at radius 2 is 1.94 bits per heavy atom. The monoisotopic (exact) mass is 495 g/mol. The third kappa shape index (κ3) is 4.02. The number of carbonyl (C=O) groups is 3. The molecule has 1 fully saturated rings. The van der Waals surface area contributed by atoms with Gasteiger partial charge in [-0.25, -0.2) is 9.31 Å². The summed E-state index contributed by atoms with van der Waals surface area (Å²) in [5.41, 5.74) is 2.43. The van der Waals surface area contributed by atoms with Crippen molar-refractivity contribution in [2.75, 3.05) is 23.9 Å². The molecule has 1 unspecified atom stereocenters. The van der Waals surface area contributed by atoms with Gasteiger partial charge in [0.05, 0.1) is 30.0 Å². The number of ether oxygens (including phenoxy) is 1. The Morgan fingerprint density at radius 3 is 2.71 bits per heavy atom. The van der Waals surface area contributed by atoms with Crippen LogP contribution in [0.15, 0.2) is 53.9 Å². The zero-order chi connectivity index (χ0) is 23.8. The van der Waals surface area contributed by atoms with Crippen LogP contribution < -0.4 is 10.2 Å². The molecule has 1 saturated heterocycles. The molecule has 0 radical (unpaired) electrons. The number of nitrogens with one attached hydrogen (secondary N) is 1. The number of benzene rings is 2. The molecule has 2 aromatic heterocycles. The minimum absolute atomic E-state index is 0.0135. The number of halogens is 1. The third-order valence-corrected chi connectivity index (χ3v) is 6.62. The Labute approximate surface area is 202 Å². The fourth-order valence-electron chi connectivity index (χ4n) is 3.87. The molecule has 0 aliphatic carbocycles. The molecule has 1 N–H and O–H groups in total. The van der Waals surface area contributed by atoms with Crippen molar-refractivity contribution in [1.29, 1.82) is 0 Å². The SMILES string of the molecule is COC(=O)c1ccccc1N1CC(C(=O)Nc2nc3scc(-c4ccc(Cl)cc4)n3n2)CC1=O. The molecule has 34 heavy (non-hydrogen) atoms. The van der Waals surface area contributed by atoms with E-state index >= 15 is 0 Å². The first kappa shape index (κ1) is 22.1. The summed E-state index contributed by atoms with van der Waals surface area (Å²) in [6, 6.07) is 14.0. The van der Waals surface area contributed by atoms with Gasteiger partial charge in [-0.05, 0) is 24.3 Å². The van der Waals surface area contributed by atoms with Crippen LogP contribution in [0.2, 0.25) is 5.02 Å².